The zero-order valence-corrected chi connectivity index (χ0v) is 20.5. The van der Waals surface area contributed by atoms with E-state index in [1.54, 1.807) is 6.92 Å². The van der Waals surface area contributed by atoms with Crippen molar-refractivity contribution in [2.24, 2.45) is 11.3 Å². The number of Topliss-reactive ketones (excluding diaryl/α,β-unsaturated/α-hetero) is 1. The van der Waals surface area contributed by atoms with Crippen LogP contribution in [0.2, 0.25) is 0 Å². The summed E-state index contributed by atoms with van der Waals surface area (Å²) in [4.78, 5) is 42.5. The quantitative estimate of drug-likeness (QED) is 0.358. The second-order valence-corrected chi connectivity index (χ2v) is 8.14. The van der Waals surface area contributed by atoms with Crippen molar-refractivity contribution in [1.29, 1.82) is 0 Å². The van der Waals surface area contributed by atoms with Crippen molar-refractivity contribution < 1.29 is 38.5 Å². The van der Waals surface area contributed by atoms with Gasteiger partial charge in [-0.3, -0.25) is 14.4 Å². The Hall–Kier alpha value is -1.96. The molecule has 1 N–H and O–H groups in total. The van der Waals surface area contributed by atoms with Crippen LogP contribution < -0.4 is 0 Å². The number of ether oxygens (including phenoxy) is 3. The first-order valence-corrected chi connectivity index (χ1v) is 11.0. The molecule has 0 radical (unpaired) electrons. The molecule has 0 heterocycles. The maximum absolute atomic E-state index is 11.8. The number of ketones is 1. The Labute approximate surface area is 187 Å². The first-order chi connectivity index (χ1) is 14.4. The fraction of sp³-hybridized carbons (Fsp3) is 0.826. The summed E-state index contributed by atoms with van der Waals surface area (Å²) < 4.78 is 14.1. The van der Waals surface area contributed by atoms with Gasteiger partial charge in [0.2, 0.25) is 5.78 Å². The van der Waals surface area contributed by atoms with E-state index >= 15 is 0 Å². The second kappa shape index (κ2) is 16.7. The molecule has 0 aromatic carbocycles. The second-order valence-electron chi connectivity index (χ2n) is 8.14. The van der Waals surface area contributed by atoms with Crippen LogP contribution in [0, 0.1) is 11.3 Å². The third kappa shape index (κ3) is 13.9. The van der Waals surface area contributed by atoms with Crippen LogP contribution in [0.15, 0.2) is 0 Å². The number of aliphatic hydroxyl groups excluding tert-OH is 1. The van der Waals surface area contributed by atoms with Gasteiger partial charge in [-0.2, -0.15) is 0 Å². The van der Waals surface area contributed by atoms with Crippen molar-refractivity contribution >= 4 is 23.7 Å². The molecule has 0 aromatic heterocycles. The number of rotatable bonds is 7. The van der Waals surface area contributed by atoms with Crippen LogP contribution in [0.5, 0.6) is 0 Å². The molecule has 0 spiro atoms. The van der Waals surface area contributed by atoms with Crippen LogP contribution in [0.4, 0.5) is 0 Å². The summed E-state index contributed by atoms with van der Waals surface area (Å²) >= 11 is 0. The summed E-state index contributed by atoms with van der Waals surface area (Å²) in [5.41, 5.74) is -0.433. The highest BCUT2D eigenvalue weighted by molar-refractivity contribution is 6.32. The van der Waals surface area contributed by atoms with E-state index in [0.29, 0.717) is 0 Å². The SMILES string of the molecule is CCC(C)(C)C(=O)OC1CCCCC1O.CCC(C)C(=O)OC.CCOC(=O)C(C)=O. The van der Waals surface area contributed by atoms with Gasteiger partial charge in [0.1, 0.15) is 6.10 Å². The van der Waals surface area contributed by atoms with Crippen LogP contribution in [0.1, 0.15) is 87.0 Å². The van der Waals surface area contributed by atoms with Crippen molar-refractivity contribution in [2.75, 3.05) is 13.7 Å². The molecular formula is C23H42O8. The van der Waals surface area contributed by atoms with E-state index < -0.39 is 23.3 Å². The zero-order chi connectivity index (χ0) is 24.6. The molecule has 3 unspecified atom stereocenters. The highest BCUT2D eigenvalue weighted by atomic mass is 16.6. The Morgan fingerprint density at radius 3 is 1.94 bits per heavy atom. The van der Waals surface area contributed by atoms with Crippen LogP contribution in [-0.4, -0.2) is 54.7 Å². The maximum atomic E-state index is 11.8. The number of carbonyl (C=O) groups is 4. The minimum atomic E-state index is -0.757. The average molecular weight is 447 g/mol. The molecule has 31 heavy (non-hydrogen) atoms. The first-order valence-electron chi connectivity index (χ1n) is 11.0. The largest absolute Gasteiger partial charge is 0.469 e. The molecule has 0 aliphatic heterocycles. The molecule has 1 aliphatic rings. The van der Waals surface area contributed by atoms with Gasteiger partial charge in [0, 0.05) is 6.92 Å². The molecular weight excluding hydrogens is 404 g/mol. The van der Waals surface area contributed by atoms with Gasteiger partial charge in [-0.15, -0.1) is 0 Å². The van der Waals surface area contributed by atoms with Crippen molar-refractivity contribution in [2.45, 2.75) is 99.2 Å². The molecule has 1 rings (SSSR count). The summed E-state index contributed by atoms with van der Waals surface area (Å²) in [5, 5.41) is 9.68. The molecule has 1 fully saturated rings. The van der Waals surface area contributed by atoms with Gasteiger partial charge in [-0.1, -0.05) is 27.2 Å². The van der Waals surface area contributed by atoms with Crippen molar-refractivity contribution in [3.8, 4) is 0 Å². The lowest BCUT2D eigenvalue weighted by atomic mass is 9.89. The summed E-state index contributed by atoms with van der Waals surface area (Å²) in [7, 11) is 1.41. The van der Waals surface area contributed by atoms with Crippen molar-refractivity contribution in [3.63, 3.8) is 0 Å². The van der Waals surface area contributed by atoms with Gasteiger partial charge in [0.15, 0.2) is 0 Å². The molecule has 0 saturated heterocycles. The molecule has 8 heteroatoms. The van der Waals surface area contributed by atoms with Crippen LogP contribution in [0.3, 0.4) is 0 Å². The highest BCUT2D eigenvalue weighted by Crippen LogP contribution is 2.27. The number of aliphatic hydroxyl groups is 1. The lowest BCUT2D eigenvalue weighted by Gasteiger charge is -2.30. The standard InChI is InChI=1S/C12H22O3.C6H12O2.C5H8O3/c1-4-12(2,3)11(14)15-10-8-6-5-7-9(10)13;1-4-5(2)6(7)8-3;1-3-8-5(7)4(2)6/h9-10,13H,4-8H2,1-3H3;5H,4H2,1-3H3;3H2,1-2H3. The van der Waals surface area contributed by atoms with Crippen molar-refractivity contribution in [3.05, 3.63) is 0 Å². The van der Waals surface area contributed by atoms with Gasteiger partial charge in [0.25, 0.3) is 0 Å². The Balaban J connectivity index is 0. The zero-order valence-electron chi connectivity index (χ0n) is 20.5. The molecule has 8 nitrogen and oxygen atoms in total. The minimum Gasteiger partial charge on any atom is -0.469 e. The van der Waals surface area contributed by atoms with E-state index in [9.17, 15) is 24.3 Å². The predicted molar refractivity (Wildman–Crippen MR) is 117 cm³/mol. The lowest BCUT2D eigenvalue weighted by molar-refractivity contribution is -0.168. The average Bonchev–Trinajstić information content (AvgIpc) is 2.75. The molecule has 1 saturated carbocycles. The smallest absolute Gasteiger partial charge is 0.374 e. The third-order valence-electron chi connectivity index (χ3n) is 5.14. The minimum absolute atomic E-state index is 0.0556. The Bertz CT molecular complexity index is 556. The maximum Gasteiger partial charge on any atom is 0.374 e. The fourth-order valence-corrected chi connectivity index (χ4v) is 2.26. The molecule has 0 amide bonds. The molecule has 3 atom stereocenters. The first kappa shape index (κ1) is 31.2. The summed E-state index contributed by atoms with van der Waals surface area (Å²) in [6, 6.07) is 0. The van der Waals surface area contributed by atoms with Gasteiger partial charge < -0.3 is 19.3 Å². The van der Waals surface area contributed by atoms with Crippen LogP contribution in [-0.2, 0) is 33.4 Å². The number of hydrogen-bond donors (Lipinski definition) is 1. The molecule has 1 aliphatic carbocycles. The number of methoxy groups -OCH3 is 1. The molecule has 0 aromatic rings. The monoisotopic (exact) mass is 446 g/mol. The summed E-state index contributed by atoms with van der Waals surface area (Å²) in [5.74, 6) is -1.55. The van der Waals surface area contributed by atoms with E-state index in [1.807, 2.05) is 34.6 Å². The summed E-state index contributed by atoms with van der Waals surface area (Å²) in [6.45, 7) is 12.6. The van der Waals surface area contributed by atoms with E-state index in [-0.39, 0.29) is 30.6 Å². The van der Waals surface area contributed by atoms with E-state index in [0.717, 1.165) is 38.5 Å². The fourth-order valence-electron chi connectivity index (χ4n) is 2.26. The van der Waals surface area contributed by atoms with Crippen LogP contribution in [0.25, 0.3) is 0 Å². The number of hydrogen-bond acceptors (Lipinski definition) is 8. The van der Waals surface area contributed by atoms with Gasteiger partial charge in [-0.25, -0.2) is 4.79 Å². The predicted octanol–water partition coefficient (Wildman–Crippen LogP) is 3.61. The van der Waals surface area contributed by atoms with E-state index in [1.165, 1.54) is 14.0 Å². The Morgan fingerprint density at radius 1 is 1.06 bits per heavy atom. The van der Waals surface area contributed by atoms with Gasteiger partial charge in [0.05, 0.1) is 31.2 Å². The van der Waals surface area contributed by atoms with E-state index in [4.69, 9.17) is 4.74 Å². The van der Waals surface area contributed by atoms with Crippen molar-refractivity contribution in [1.82, 2.24) is 0 Å². The van der Waals surface area contributed by atoms with Gasteiger partial charge >= 0.3 is 17.9 Å². The molecule has 0 bridgehead atoms. The lowest BCUT2D eigenvalue weighted by Crippen LogP contribution is -2.38. The summed E-state index contributed by atoms with van der Waals surface area (Å²) in [6.07, 6.45) is 4.50. The highest BCUT2D eigenvalue weighted by Gasteiger charge is 2.33. The van der Waals surface area contributed by atoms with Crippen LogP contribution >= 0.6 is 0 Å². The molecule has 182 valence electrons. The van der Waals surface area contributed by atoms with E-state index in [2.05, 4.69) is 9.47 Å². The Morgan fingerprint density at radius 2 is 1.61 bits per heavy atom. The number of esters is 3. The Kier molecular flexibility index (Phi) is 16.8. The number of carbonyl (C=O) groups excluding carboxylic acids is 4. The third-order valence-corrected chi connectivity index (χ3v) is 5.14. The topological polar surface area (TPSA) is 116 Å². The van der Waals surface area contributed by atoms with Gasteiger partial charge in [-0.05, 0) is 52.9 Å². The normalized spacial score (nSPS) is 18.7.